The third-order valence-corrected chi connectivity index (χ3v) is 4.73. The van der Waals surface area contributed by atoms with Crippen molar-refractivity contribution in [3.8, 4) is 5.75 Å². The van der Waals surface area contributed by atoms with Crippen LogP contribution in [0.25, 0.3) is 0 Å². The van der Waals surface area contributed by atoms with Crippen LogP contribution in [0.2, 0.25) is 10.0 Å². The lowest BCUT2D eigenvalue weighted by molar-refractivity contribution is -0.139. The second-order valence-electron chi connectivity index (χ2n) is 6.53. The summed E-state index contributed by atoms with van der Waals surface area (Å²) in [5.74, 6) is -0.219. The van der Waals surface area contributed by atoms with Gasteiger partial charge in [-0.05, 0) is 50.8 Å². The Labute approximate surface area is 175 Å². The molecule has 1 aromatic carbocycles. The molecule has 0 aromatic heterocycles. The molecule has 156 valence electrons. The number of amides is 2. The maximum Gasteiger partial charge on any atom is 0.267 e. The Bertz CT molecular complexity index is 653. The Morgan fingerprint density at radius 1 is 1.29 bits per heavy atom. The highest BCUT2D eigenvalue weighted by atomic mass is 35.5. The lowest BCUT2D eigenvalue weighted by atomic mass is 10.1. The van der Waals surface area contributed by atoms with E-state index >= 15 is 0 Å². The van der Waals surface area contributed by atoms with Crippen LogP contribution in [0, 0.1) is 0 Å². The minimum atomic E-state index is -0.679. The van der Waals surface area contributed by atoms with Gasteiger partial charge in [0.15, 0.2) is 0 Å². The number of carbonyl (C=O) groups is 2. The molecule has 1 aliphatic rings. The van der Waals surface area contributed by atoms with Crippen LogP contribution in [0.4, 0.5) is 0 Å². The maximum absolute atomic E-state index is 12.0. The van der Waals surface area contributed by atoms with Crippen molar-refractivity contribution in [1.29, 1.82) is 0 Å². The van der Waals surface area contributed by atoms with Crippen molar-refractivity contribution >= 4 is 35.0 Å². The molecule has 1 fully saturated rings. The van der Waals surface area contributed by atoms with Crippen molar-refractivity contribution in [2.75, 3.05) is 19.8 Å². The summed E-state index contributed by atoms with van der Waals surface area (Å²) in [6.07, 6.45) is 3.13. The molecule has 9 heteroatoms. The molecular weight excluding hydrogens is 407 g/mol. The second-order valence-corrected chi connectivity index (χ2v) is 7.37. The van der Waals surface area contributed by atoms with E-state index < -0.39 is 12.0 Å². The molecule has 1 aromatic rings. The molecular formula is C19H26Cl2N2O5. The number of hydrazine groups is 1. The van der Waals surface area contributed by atoms with Crippen LogP contribution < -0.4 is 15.6 Å². The second kappa shape index (κ2) is 12.1. The summed E-state index contributed by atoms with van der Waals surface area (Å²) < 4.78 is 16.6. The van der Waals surface area contributed by atoms with Gasteiger partial charge < -0.3 is 14.2 Å². The van der Waals surface area contributed by atoms with E-state index in [1.807, 2.05) is 0 Å². The van der Waals surface area contributed by atoms with E-state index in [4.69, 9.17) is 37.4 Å². The molecule has 2 unspecified atom stereocenters. The average molecular weight is 433 g/mol. The van der Waals surface area contributed by atoms with Gasteiger partial charge in [0.25, 0.3) is 5.91 Å². The first-order valence-electron chi connectivity index (χ1n) is 9.35. The molecule has 0 saturated carbocycles. The third kappa shape index (κ3) is 8.22. The molecule has 1 heterocycles. The minimum Gasteiger partial charge on any atom is -0.492 e. The minimum absolute atomic E-state index is 0.0349. The van der Waals surface area contributed by atoms with Crippen LogP contribution in [0.5, 0.6) is 5.75 Å². The van der Waals surface area contributed by atoms with E-state index in [-0.39, 0.29) is 18.4 Å². The fourth-order valence-corrected chi connectivity index (χ4v) is 3.03. The molecule has 2 rings (SSSR count). The van der Waals surface area contributed by atoms with E-state index in [0.29, 0.717) is 35.4 Å². The molecule has 1 saturated heterocycles. The van der Waals surface area contributed by atoms with Crippen LogP contribution in [0.3, 0.4) is 0 Å². The number of nitrogens with one attached hydrogen (secondary N) is 2. The van der Waals surface area contributed by atoms with E-state index in [1.165, 1.54) is 0 Å². The lowest BCUT2D eigenvalue weighted by Crippen LogP contribution is -2.46. The molecule has 0 bridgehead atoms. The lowest BCUT2D eigenvalue weighted by Gasteiger charge is -2.23. The third-order valence-electron chi connectivity index (χ3n) is 4.20. The smallest absolute Gasteiger partial charge is 0.267 e. The summed E-state index contributed by atoms with van der Waals surface area (Å²) in [6.45, 7) is 3.05. The summed E-state index contributed by atoms with van der Waals surface area (Å²) in [5, 5.41) is 0.939. The summed E-state index contributed by atoms with van der Waals surface area (Å²) in [5.41, 5.74) is 4.73. The fraction of sp³-hybridized carbons (Fsp3) is 0.579. The first-order chi connectivity index (χ1) is 13.5. The Morgan fingerprint density at radius 3 is 2.82 bits per heavy atom. The number of benzene rings is 1. The molecule has 0 radical (unpaired) electrons. The summed E-state index contributed by atoms with van der Waals surface area (Å²) in [7, 11) is 0. The fourth-order valence-electron chi connectivity index (χ4n) is 2.57. The molecule has 0 spiro atoms. The average Bonchev–Trinajstić information content (AvgIpc) is 2.69. The van der Waals surface area contributed by atoms with Crippen molar-refractivity contribution in [3.63, 3.8) is 0 Å². The van der Waals surface area contributed by atoms with Crippen molar-refractivity contribution < 1.29 is 23.8 Å². The van der Waals surface area contributed by atoms with Crippen molar-refractivity contribution in [3.05, 3.63) is 28.2 Å². The van der Waals surface area contributed by atoms with Crippen LogP contribution >= 0.6 is 23.2 Å². The standard InChI is InChI=1S/C19H26Cl2N2O5/c1-13(28-12-15-5-2-3-9-26-15)19(25)23-22-18(24)6-4-10-27-17-8-7-14(20)11-16(17)21/h7-8,11,13,15H,2-6,9-10,12H2,1H3,(H,22,24)(H,23,25). The monoisotopic (exact) mass is 432 g/mol. The zero-order valence-corrected chi connectivity index (χ0v) is 17.4. The first kappa shape index (κ1) is 22.7. The number of carbonyl (C=O) groups excluding carboxylic acids is 2. The van der Waals surface area contributed by atoms with E-state index in [2.05, 4.69) is 10.9 Å². The highest BCUT2D eigenvalue weighted by molar-refractivity contribution is 6.35. The van der Waals surface area contributed by atoms with Crippen molar-refractivity contribution in [1.82, 2.24) is 10.9 Å². The molecule has 2 amide bonds. The van der Waals surface area contributed by atoms with Crippen LogP contribution in [0.1, 0.15) is 39.0 Å². The van der Waals surface area contributed by atoms with Crippen molar-refractivity contribution in [2.24, 2.45) is 0 Å². The molecule has 7 nitrogen and oxygen atoms in total. The topological polar surface area (TPSA) is 85.9 Å². The van der Waals surface area contributed by atoms with E-state index in [1.54, 1.807) is 25.1 Å². The molecule has 1 aliphatic heterocycles. The predicted octanol–water partition coefficient (Wildman–Crippen LogP) is 3.27. The van der Waals surface area contributed by atoms with Gasteiger partial charge in [-0.1, -0.05) is 23.2 Å². The normalized spacial score (nSPS) is 17.6. The summed E-state index contributed by atoms with van der Waals surface area (Å²) in [4.78, 5) is 23.8. The number of rotatable bonds is 9. The Balaban J connectivity index is 1.56. The first-order valence-corrected chi connectivity index (χ1v) is 10.1. The molecule has 0 aliphatic carbocycles. The number of hydrogen-bond donors (Lipinski definition) is 2. The molecule has 2 N–H and O–H groups in total. The van der Waals surface area contributed by atoms with Gasteiger partial charge in [-0.15, -0.1) is 0 Å². The number of halogens is 2. The largest absolute Gasteiger partial charge is 0.492 e. The SMILES string of the molecule is CC(OCC1CCCCO1)C(=O)NNC(=O)CCCOc1ccc(Cl)cc1Cl. The Kier molecular flexibility index (Phi) is 9.84. The number of ether oxygens (including phenoxy) is 3. The van der Waals surface area contributed by atoms with Gasteiger partial charge in [0.2, 0.25) is 5.91 Å². The van der Waals surface area contributed by atoms with Gasteiger partial charge in [0.05, 0.1) is 24.3 Å². The molecule has 2 atom stereocenters. The highest BCUT2D eigenvalue weighted by Gasteiger charge is 2.19. The van der Waals surface area contributed by atoms with Gasteiger partial charge in [0, 0.05) is 18.1 Å². The number of hydrogen-bond acceptors (Lipinski definition) is 5. The molecule has 28 heavy (non-hydrogen) atoms. The van der Waals surface area contributed by atoms with Crippen LogP contribution in [-0.2, 0) is 19.1 Å². The van der Waals surface area contributed by atoms with Gasteiger partial charge in [0.1, 0.15) is 11.9 Å². The Hall–Kier alpha value is -1.54. The van der Waals surface area contributed by atoms with E-state index in [9.17, 15) is 9.59 Å². The van der Waals surface area contributed by atoms with Crippen LogP contribution in [-0.4, -0.2) is 43.8 Å². The zero-order valence-electron chi connectivity index (χ0n) is 15.8. The van der Waals surface area contributed by atoms with Crippen molar-refractivity contribution in [2.45, 2.75) is 51.2 Å². The van der Waals surface area contributed by atoms with Gasteiger partial charge in [-0.3, -0.25) is 20.4 Å². The summed E-state index contributed by atoms with van der Waals surface area (Å²) in [6, 6.07) is 4.93. The highest BCUT2D eigenvalue weighted by Crippen LogP contribution is 2.27. The maximum atomic E-state index is 12.0. The Morgan fingerprint density at radius 2 is 2.11 bits per heavy atom. The van der Waals surface area contributed by atoms with Gasteiger partial charge in [-0.25, -0.2) is 0 Å². The quantitative estimate of drug-likeness (QED) is 0.461. The van der Waals surface area contributed by atoms with Gasteiger partial charge >= 0.3 is 0 Å². The summed E-state index contributed by atoms with van der Waals surface area (Å²) >= 11 is 11.8. The van der Waals surface area contributed by atoms with Crippen LogP contribution in [0.15, 0.2) is 18.2 Å². The zero-order chi connectivity index (χ0) is 20.4. The van der Waals surface area contributed by atoms with Gasteiger partial charge in [-0.2, -0.15) is 0 Å². The predicted molar refractivity (Wildman–Crippen MR) is 106 cm³/mol. The van der Waals surface area contributed by atoms with E-state index in [0.717, 1.165) is 25.9 Å².